The van der Waals surface area contributed by atoms with E-state index in [4.69, 9.17) is 5.26 Å². The molecule has 4 aromatic rings. The van der Waals surface area contributed by atoms with Gasteiger partial charge in [0.1, 0.15) is 22.7 Å². The van der Waals surface area contributed by atoms with E-state index < -0.39 is 0 Å². The maximum atomic E-state index is 12.9. The zero-order chi connectivity index (χ0) is 20.9. The summed E-state index contributed by atoms with van der Waals surface area (Å²) in [6.07, 6.45) is 1.54. The molecule has 0 unspecified atom stereocenters. The Morgan fingerprint density at radius 1 is 1.13 bits per heavy atom. The topological polar surface area (TPSA) is 69.9 Å². The van der Waals surface area contributed by atoms with Gasteiger partial charge in [0, 0.05) is 16.6 Å². The molecule has 1 amide bonds. The summed E-state index contributed by atoms with van der Waals surface area (Å²) in [4.78, 5) is 24.1. The molecule has 2 aromatic heterocycles. The normalized spacial score (nSPS) is 10.7. The summed E-state index contributed by atoms with van der Waals surface area (Å²) in [5, 5.41) is 13.0. The predicted octanol–water partition coefficient (Wildman–Crippen LogP) is 5.32. The number of rotatable bonds is 6. The van der Waals surface area contributed by atoms with Gasteiger partial charge >= 0.3 is 0 Å². The molecule has 0 fully saturated rings. The molecular weight excluding hydrogens is 412 g/mol. The molecule has 0 aliphatic heterocycles. The molecule has 0 aliphatic carbocycles. The number of hydrogen-bond donors (Lipinski definition) is 0. The zero-order valence-electron chi connectivity index (χ0n) is 16.3. The Kier molecular flexibility index (Phi) is 6.07. The Hall–Kier alpha value is -3.21. The highest BCUT2D eigenvalue weighted by Crippen LogP contribution is 2.38. The van der Waals surface area contributed by atoms with Crippen LogP contribution >= 0.6 is 23.1 Å². The van der Waals surface area contributed by atoms with Gasteiger partial charge in [0.2, 0.25) is 5.91 Å². The molecular formula is C23H18N4OS2. The summed E-state index contributed by atoms with van der Waals surface area (Å²) in [7, 11) is 0. The summed E-state index contributed by atoms with van der Waals surface area (Å²) >= 11 is 2.95. The SMILES string of the molecule is Cc1ccc(-c2csc3ncnc(SCC(=O)N(CC#N)c4ccccc4)c23)cc1. The first-order chi connectivity index (χ1) is 14.7. The second kappa shape index (κ2) is 9.08. The third kappa shape index (κ3) is 4.20. The lowest BCUT2D eigenvalue weighted by molar-refractivity contribution is -0.116. The summed E-state index contributed by atoms with van der Waals surface area (Å²) in [5.74, 6) is 0.0536. The van der Waals surface area contributed by atoms with Crippen LogP contribution in [0, 0.1) is 18.3 Å². The van der Waals surface area contributed by atoms with Gasteiger partial charge in [-0.25, -0.2) is 9.97 Å². The van der Waals surface area contributed by atoms with Gasteiger partial charge in [-0.1, -0.05) is 59.8 Å². The van der Waals surface area contributed by atoms with Crippen molar-refractivity contribution in [3.63, 3.8) is 0 Å². The number of fused-ring (bicyclic) bond motifs is 1. The fourth-order valence-electron chi connectivity index (χ4n) is 3.11. The van der Waals surface area contributed by atoms with Gasteiger partial charge < -0.3 is 0 Å². The van der Waals surface area contributed by atoms with Gasteiger partial charge in [-0.15, -0.1) is 11.3 Å². The molecule has 0 saturated heterocycles. The molecule has 0 aliphatic rings. The molecule has 0 saturated carbocycles. The van der Waals surface area contributed by atoms with Crippen molar-refractivity contribution >= 4 is 44.9 Å². The Balaban J connectivity index is 1.61. The minimum atomic E-state index is -0.133. The van der Waals surface area contributed by atoms with E-state index in [1.54, 1.807) is 11.3 Å². The third-order valence-corrected chi connectivity index (χ3v) is 6.49. The number of amides is 1. The molecule has 148 valence electrons. The van der Waals surface area contributed by atoms with Crippen molar-refractivity contribution in [3.05, 3.63) is 71.9 Å². The van der Waals surface area contributed by atoms with Crippen LogP contribution in [0.15, 0.2) is 71.3 Å². The number of hydrogen-bond acceptors (Lipinski definition) is 6. The summed E-state index contributed by atoms with van der Waals surface area (Å²) in [6.45, 7) is 2.07. The second-order valence-corrected chi connectivity index (χ2v) is 8.46. The Labute approximate surface area is 183 Å². The van der Waals surface area contributed by atoms with Crippen LogP contribution in [0.3, 0.4) is 0 Å². The van der Waals surface area contributed by atoms with Crippen LogP contribution in [-0.4, -0.2) is 28.2 Å². The highest BCUT2D eigenvalue weighted by molar-refractivity contribution is 8.00. The van der Waals surface area contributed by atoms with E-state index in [9.17, 15) is 4.79 Å². The number of thiophene rings is 1. The molecule has 30 heavy (non-hydrogen) atoms. The minimum absolute atomic E-state index is 0.00958. The number of benzene rings is 2. The molecule has 0 N–H and O–H groups in total. The summed E-state index contributed by atoms with van der Waals surface area (Å²) < 4.78 is 0. The summed E-state index contributed by atoms with van der Waals surface area (Å²) in [6, 6.07) is 19.7. The third-order valence-electron chi connectivity index (χ3n) is 4.63. The monoisotopic (exact) mass is 430 g/mol. The number of nitriles is 1. The molecule has 0 bridgehead atoms. The molecule has 2 aromatic carbocycles. The van der Waals surface area contributed by atoms with Crippen LogP contribution in [0.4, 0.5) is 5.69 Å². The van der Waals surface area contributed by atoms with Crippen molar-refractivity contribution in [2.75, 3.05) is 17.2 Å². The second-order valence-electron chi connectivity index (χ2n) is 6.64. The number of carbonyl (C=O) groups is 1. The Bertz CT molecular complexity index is 1210. The number of nitrogens with zero attached hydrogens (tertiary/aromatic N) is 4. The highest BCUT2D eigenvalue weighted by Gasteiger charge is 2.18. The molecule has 2 heterocycles. The number of thioether (sulfide) groups is 1. The lowest BCUT2D eigenvalue weighted by Crippen LogP contribution is -2.32. The van der Waals surface area contributed by atoms with Crippen molar-refractivity contribution in [2.24, 2.45) is 0 Å². The van der Waals surface area contributed by atoms with Crippen LogP contribution in [0.1, 0.15) is 5.56 Å². The highest BCUT2D eigenvalue weighted by atomic mass is 32.2. The molecule has 5 nitrogen and oxygen atoms in total. The van der Waals surface area contributed by atoms with Gasteiger partial charge in [-0.3, -0.25) is 9.69 Å². The maximum absolute atomic E-state index is 12.9. The average molecular weight is 431 g/mol. The van der Waals surface area contributed by atoms with E-state index in [1.165, 1.54) is 28.6 Å². The number of carbonyl (C=O) groups excluding carboxylic acids is 1. The summed E-state index contributed by atoms with van der Waals surface area (Å²) in [5.41, 5.74) is 4.09. The van der Waals surface area contributed by atoms with E-state index in [1.807, 2.05) is 30.3 Å². The van der Waals surface area contributed by atoms with E-state index in [-0.39, 0.29) is 18.2 Å². The molecule has 0 spiro atoms. The largest absolute Gasteiger partial charge is 0.298 e. The number of aryl methyl sites for hydroxylation is 1. The minimum Gasteiger partial charge on any atom is -0.298 e. The number of anilines is 1. The van der Waals surface area contributed by atoms with Crippen molar-refractivity contribution in [3.8, 4) is 17.2 Å². The van der Waals surface area contributed by atoms with Gasteiger partial charge in [0.25, 0.3) is 0 Å². The van der Waals surface area contributed by atoms with Crippen molar-refractivity contribution in [1.82, 2.24) is 9.97 Å². The lowest BCUT2D eigenvalue weighted by Gasteiger charge is -2.19. The first-order valence-corrected chi connectivity index (χ1v) is 11.2. The molecule has 7 heteroatoms. The van der Waals surface area contributed by atoms with E-state index in [2.05, 4.69) is 52.6 Å². The van der Waals surface area contributed by atoms with Crippen LogP contribution < -0.4 is 4.90 Å². The van der Waals surface area contributed by atoms with E-state index in [0.717, 1.165) is 26.4 Å². The average Bonchev–Trinajstić information content (AvgIpc) is 3.22. The van der Waals surface area contributed by atoms with Gasteiger partial charge in [-0.05, 0) is 24.6 Å². The van der Waals surface area contributed by atoms with Crippen LogP contribution in [0.5, 0.6) is 0 Å². The van der Waals surface area contributed by atoms with Crippen molar-refractivity contribution < 1.29 is 4.79 Å². The lowest BCUT2D eigenvalue weighted by atomic mass is 10.1. The van der Waals surface area contributed by atoms with Gasteiger partial charge in [0.05, 0.1) is 17.2 Å². The predicted molar refractivity (Wildman–Crippen MR) is 123 cm³/mol. The van der Waals surface area contributed by atoms with Gasteiger partial charge in [-0.2, -0.15) is 5.26 Å². The standard InChI is InChI=1S/C23H18N4OS2/c1-16-7-9-17(10-8-16)19-13-29-22-21(19)23(26-15-25-22)30-14-20(28)27(12-11-24)18-5-3-2-4-6-18/h2-10,13,15H,12,14H2,1H3. The molecule has 4 rings (SSSR count). The van der Waals surface area contributed by atoms with E-state index in [0.29, 0.717) is 5.69 Å². The molecule has 0 radical (unpaired) electrons. The molecule has 0 atom stereocenters. The van der Waals surface area contributed by atoms with E-state index >= 15 is 0 Å². The van der Waals surface area contributed by atoms with Crippen molar-refractivity contribution in [1.29, 1.82) is 5.26 Å². The first-order valence-electron chi connectivity index (χ1n) is 9.32. The quantitative estimate of drug-likeness (QED) is 0.235. The Morgan fingerprint density at radius 2 is 1.90 bits per heavy atom. The van der Waals surface area contributed by atoms with Crippen LogP contribution in [-0.2, 0) is 4.79 Å². The fourth-order valence-corrected chi connectivity index (χ4v) is 4.98. The first kappa shape index (κ1) is 20.1. The zero-order valence-corrected chi connectivity index (χ0v) is 17.9. The maximum Gasteiger partial charge on any atom is 0.238 e. The Morgan fingerprint density at radius 3 is 2.63 bits per heavy atom. The van der Waals surface area contributed by atoms with Crippen LogP contribution in [0.2, 0.25) is 0 Å². The fraction of sp³-hybridized carbons (Fsp3) is 0.130. The number of para-hydroxylation sites is 1. The number of aromatic nitrogens is 2. The van der Waals surface area contributed by atoms with Crippen molar-refractivity contribution in [2.45, 2.75) is 11.9 Å². The smallest absolute Gasteiger partial charge is 0.238 e. The van der Waals surface area contributed by atoms with Gasteiger partial charge in [0.15, 0.2) is 0 Å². The van der Waals surface area contributed by atoms with Crippen LogP contribution in [0.25, 0.3) is 21.3 Å².